The first kappa shape index (κ1) is 18.2. The molecule has 2 aliphatic rings. The number of H-pyrrole nitrogens is 1. The zero-order chi connectivity index (χ0) is 18.8. The molecule has 144 valence electrons. The van der Waals surface area contributed by atoms with Gasteiger partial charge in [-0.25, -0.2) is 0 Å². The van der Waals surface area contributed by atoms with Gasteiger partial charge in [-0.05, 0) is 25.8 Å². The third-order valence-electron chi connectivity index (χ3n) is 5.30. The molecule has 0 saturated heterocycles. The number of thioether (sulfide) groups is 1. The number of aromatic amines is 1. The summed E-state index contributed by atoms with van der Waals surface area (Å²) in [6.07, 6.45) is 5.59. The van der Waals surface area contributed by atoms with Crippen molar-refractivity contribution in [3.05, 3.63) is 45.7 Å². The molecule has 0 spiro atoms. The van der Waals surface area contributed by atoms with E-state index in [1.807, 2.05) is 35.9 Å². The van der Waals surface area contributed by atoms with Crippen molar-refractivity contribution >= 4 is 23.5 Å². The number of rotatable bonds is 4. The summed E-state index contributed by atoms with van der Waals surface area (Å²) in [7, 11) is 0. The van der Waals surface area contributed by atoms with Crippen LogP contribution in [0, 0.1) is 0 Å². The fourth-order valence-corrected chi connectivity index (χ4v) is 5.24. The molecule has 0 radical (unpaired) electrons. The lowest BCUT2D eigenvalue weighted by Gasteiger charge is -2.25. The largest absolute Gasteiger partial charge is 0.494 e. The predicted molar refractivity (Wildman–Crippen MR) is 108 cm³/mol. The molecular formula is C20H25N3O3S. The van der Waals surface area contributed by atoms with Gasteiger partial charge < -0.3 is 10.1 Å². The molecule has 2 heterocycles. The van der Waals surface area contributed by atoms with E-state index in [1.54, 1.807) is 0 Å². The van der Waals surface area contributed by atoms with Crippen molar-refractivity contribution in [2.24, 2.45) is 0 Å². The van der Waals surface area contributed by atoms with Crippen LogP contribution >= 0.6 is 11.8 Å². The molecule has 1 atom stereocenters. The molecule has 4 rings (SSSR count). The lowest BCUT2D eigenvalue weighted by atomic mass is 9.95. The normalized spacial score (nSPS) is 20.6. The smallest absolute Gasteiger partial charge is 0.270 e. The Bertz CT molecular complexity index is 883. The molecule has 1 aliphatic heterocycles. The SMILES string of the molecule is CCOc1ccccc1C1SCC(=O)Nc2c1c(=O)[nH]n2C1CCCCC1. The van der Waals surface area contributed by atoms with Gasteiger partial charge in [-0.2, -0.15) is 0 Å². The number of para-hydroxylation sites is 1. The van der Waals surface area contributed by atoms with E-state index in [2.05, 4.69) is 10.4 Å². The summed E-state index contributed by atoms with van der Waals surface area (Å²) >= 11 is 1.48. The van der Waals surface area contributed by atoms with Gasteiger partial charge in [0, 0.05) is 5.56 Å². The van der Waals surface area contributed by atoms with Gasteiger partial charge in [-0.15, -0.1) is 11.8 Å². The zero-order valence-electron chi connectivity index (χ0n) is 15.5. The lowest BCUT2D eigenvalue weighted by Crippen LogP contribution is -2.21. The monoisotopic (exact) mass is 387 g/mol. The molecule has 27 heavy (non-hydrogen) atoms. The van der Waals surface area contributed by atoms with Gasteiger partial charge in [0.25, 0.3) is 5.56 Å². The van der Waals surface area contributed by atoms with E-state index in [0.717, 1.165) is 37.0 Å². The maximum absolute atomic E-state index is 13.0. The number of hydrogen-bond donors (Lipinski definition) is 2. The van der Waals surface area contributed by atoms with Gasteiger partial charge in [0.2, 0.25) is 5.91 Å². The molecule has 2 aromatic rings. The molecule has 1 amide bonds. The summed E-state index contributed by atoms with van der Waals surface area (Å²) < 4.78 is 7.71. The van der Waals surface area contributed by atoms with Gasteiger partial charge in [-0.3, -0.25) is 19.4 Å². The van der Waals surface area contributed by atoms with E-state index in [1.165, 1.54) is 18.2 Å². The summed E-state index contributed by atoms with van der Waals surface area (Å²) in [6.45, 7) is 2.50. The number of nitrogens with zero attached hydrogens (tertiary/aromatic N) is 1. The van der Waals surface area contributed by atoms with Crippen LogP contribution in [-0.4, -0.2) is 28.0 Å². The number of aromatic nitrogens is 2. The summed E-state index contributed by atoms with van der Waals surface area (Å²) in [5.74, 6) is 1.64. The second kappa shape index (κ2) is 7.84. The van der Waals surface area contributed by atoms with Gasteiger partial charge in [0.1, 0.15) is 11.6 Å². The summed E-state index contributed by atoms with van der Waals surface area (Å²) in [6, 6.07) is 8.02. The number of hydrogen-bond acceptors (Lipinski definition) is 4. The Kier molecular flexibility index (Phi) is 5.29. The Morgan fingerprint density at radius 1 is 1.19 bits per heavy atom. The van der Waals surface area contributed by atoms with Crippen molar-refractivity contribution in [2.45, 2.75) is 50.3 Å². The number of anilines is 1. The zero-order valence-corrected chi connectivity index (χ0v) is 16.3. The standard InChI is InChI=1S/C20H25N3O3S/c1-2-26-15-11-7-6-10-14(15)18-17-19(21-16(24)12-27-18)23(22-20(17)25)13-8-4-3-5-9-13/h6-7,10-11,13,18H,2-5,8-9,12H2,1H3,(H,21,24)(H,22,25). The Morgan fingerprint density at radius 3 is 2.74 bits per heavy atom. The molecule has 1 aromatic carbocycles. The predicted octanol–water partition coefficient (Wildman–Crippen LogP) is 3.86. The highest BCUT2D eigenvalue weighted by Gasteiger charge is 2.33. The topological polar surface area (TPSA) is 76.1 Å². The van der Waals surface area contributed by atoms with Crippen molar-refractivity contribution in [2.75, 3.05) is 17.7 Å². The average molecular weight is 388 g/mol. The first-order valence-corrected chi connectivity index (χ1v) is 10.7. The minimum atomic E-state index is -0.240. The van der Waals surface area contributed by atoms with E-state index < -0.39 is 0 Å². The van der Waals surface area contributed by atoms with Gasteiger partial charge in [-0.1, -0.05) is 37.5 Å². The van der Waals surface area contributed by atoms with Crippen molar-refractivity contribution < 1.29 is 9.53 Å². The quantitative estimate of drug-likeness (QED) is 0.835. The molecule has 1 aromatic heterocycles. The molecule has 1 fully saturated rings. The van der Waals surface area contributed by atoms with E-state index in [-0.39, 0.29) is 22.8 Å². The number of benzene rings is 1. The average Bonchev–Trinajstić information content (AvgIpc) is 2.89. The van der Waals surface area contributed by atoms with Crippen LogP contribution in [0.25, 0.3) is 0 Å². The van der Waals surface area contributed by atoms with Crippen LogP contribution in [-0.2, 0) is 4.79 Å². The first-order valence-electron chi connectivity index (χ1n) is 9.66. The third kappa shape index (κ3) is 3.52. The summed E-state index contributed by atoms with van der Waals surface area (Å²) in [4.78, 5) is 25.3. The highest BCUT2D eigenvalue weighted by Crippen LogP contribution is 2.44. The second-order valence-electron chi connectivity index (χ2n) is 7.08. The highest BCUT2D eigenvalue weighted by molar-refractivity contribution is 8.00. The van der Waals surface area contributed by atoms with Gasteiger partial charge in [0.15, 0.2) is 0 Å². The Morgan fingerprint density at radius 2 is 1.96 bits per heavy atom. The first-order chi connectivity index (χ1) is 13.2. The maximum atomic E-state index is 13.0. The number of ether oxygens (including phenoxy) is 1. The number of carbonyl (C=O) groups is 1. The lowest BCUT2D eigenvalue weighted by molar-refractivity contribution is -0.113. The van der Waals surface area contributed by atoms with E-state index in [4.69, 9.17) is 4.74 Å². The highest BCUT2D eigenvalue weighted by atomic mass is 32.2. The second-order valence-corrected chi connectivity index (χ2v) is 8.17. The molecule has 0 bridgehead atoms. The Labute approximate surface area is 162 Å². The minimum absolute atomic E-state index is 0.0683. The number of carbonyl (C=O) groups excluding carboxylic acids is 1. The van der Waals surface area contributed by atoms with Crippen LogP contribution in [0.1, 0.15) is 61.4 Å². The van der Waals surface area contributed by atoms with Crippen LogP contribution < -0.4 is 15.6 Å². The number of nitrogens with one attached hydrogen (secondary N) is 2. The van der Waals surface area contributed by atoms with E-state index in [9.17, 15) is 9.59 Å². The van der Waals surface area contributed by atoms with Gasteiger partial charge >= 0.3 is 0 Å². The fraction of sp³-hybridized carbons (Fsp3) is 0.500. The third-order valence-corrected chi connectivity index (χ3v) is 6.56. The van der Waals surface area contributed by atoms with Crippen molar-refractivity contribution in [1.29, 1.82) is 0 Å². The molecule has 1 unspecified atom stereocenters. The fourth-order valence-electron chi connectivity index (χ4n) is 4.09. The Balaban J connectivity index is 1.82. The van der Waals surface area contributed by atoms with Gasteiger partial charge in [0.05, 0.1) is 29.2 Å². The van der Waals surface area contributed by atoms with E-state index in [0.29, 0.717) is 23.7 Å². The summed E-state index contributed by atoms with van der Waals surface area (Å²) in [5.41, 5.74) is 1.44. The van der Waals surface area contributed by atoms with Crippen molar-refractivity contribution in [3.63, 3.8) is 0 Å². The molecule has 2 N–H and O–H groups in total. The van der Waals surface area contributed by atoms with Crippen LogP contribution in [0.15, 0.2) is 29.1 Å². The number of fused-ring (bicyclic) bond motifs is 1. The molecule has 1 saturated carbocycles. The van der Waals surface area contributed by atoms with Crippen LogP contribution in [0.5, 0.6) is 5.75 Å². The molecular weight excluding hydrogens is 362 g/mol. The molecule has 7 heteroatoms. The Hall–Kier alpha value is -2.15. The van der Waals surface area contributed by atoms with Crippen molar-refractivity contribution in [3.8, 4) is 5.75 Å². The molecule has 6 nitrogen and oxygen atoms in total. The minimum Gasteiger partial charge on any atom is -0.494 e. The van der Waals surface area contributed by atoms with Crippen LogP contribution in [0.4, 0.5) is 5.82 Å². The summed E-state index contributed by atoms with van der Waals surface area (Å²) in [5, 5.41) is 5.77. The molecule has 1 aliphatic carbocycles. The van der Waals surface area contributed by atoms with Crippen LogP contribution in [0.2, 0.25) is 0 Å². The number of amides is 1. The maximum Gasteiger partial charge on any atom is 0.270 e. The van der Waals surface area contributed by atoms with Crippen molar-refractivity contribution in [1.82, 2.24) is 9.78 Å². The van der Waals surface area contributed by atoms with E-state index >= 15 is 0 Å². The van der Waals surface area contributed by atoms with Crippen LogP contribution in [0.3, 0.4) is 0 Å².